The Labute approximate surface area is 164 Å². The first-order valence-corrected chi connectivity index (χ1v) is 10.0. The number of hydrogen-bond acceptors (Lipinski definition) is 5. The maximum atomic E-state index is 11.1. The van der Waals surface area contributed by atoms with Crippen molar-refractivity contribution in [3.05, 3.63) is 35.0 Å². The molecule has 2 heterocycles. The first-order chi connectivity index (χ1) is 12.5. The van der Waals surface area contributed by atoms with Crippen LogP contribution >= 0.6 is 11.3 Å². The number of amidine groups is 1. The van der Waals surface area contributed by atoms with Gasteiger partial charge >= 0.3 is 6.09 Å². The summed E-state index contributed by atoms with van der Waals surface area (Å²) in [6.07, 6.45) is 6.85. The van der Waals surface area contributed by atoms with E-state index in [-0.39, 0.29) is 17.5 Å². The summed E-state index contributed by atoms with van der Waals surface area (Å²) in [6.45, 7) is 14.0. The summed E-state index contributed by atoms with van der Waals surface area (Å²) in [6, 6.07) is 0. The smallest absolute Gasteiger partial charge is 0.412 e. The predicted octanol–water partition coefficient (Wildman–Crippen LogP) is 4.59. The summed E-state index contributed by atoms with van der Waals surface area (Å²) in [7, 11) is 0. The van der Waals surface area contributed by atoms with Crippen LogP contribution in [-0.4, -0.2) is 40.1 Å². The number of carboxylic acid groups (broad SMARTS) is 1. The van der Waals surface area contributed by atoms with E-state index in [0.717, 1.165) is 23.2 Å². The first kappa shape index (κ1) is 19.6. The highest BCUT2D eigenvalue weighted by molar-refractivity contribution is 7.16. The molecule has 1 amide bonds. The molecule has 1 aromatic heterocycles. The van der Waals surface area contributed by atoms with Crippen molar-refractivity contribution in [3.63, 3.8) is 0 Å². The Bertz CT molecular complexity index is 798. The number of aromatic nitrogens is 1. The number of fused-ring (bicyclic) bond motifs is 1. The van der Waals surface area contributed by atoms with Gasteiger partial charge in [-0.25, -0.2) is 14.8 Å². The third-order valence-electron chi connectivity index (χ3n) is 4.82. The number of allylic oxidation sites excluding steroid dienone is 2. The third kappa shape index (κ3) is 3.78. The summed E-state index contributed by atoms with van der Waals surface area (Å²) >= 11 is 1.71. The SMILES string of the molecule is CC(C)CN(C1=NCN(C(=O)O)C=C1)c1nc2c(s1)C(C)(C)C=CC2(C)C. The van der Waals surface area contributed by atoms with Gasteiger partial charge < -0.3 is 10.0 Å². The number of aliphatic imine (C=N–C) groups is 1. The van der Waals surface area contributed by atoms with Crippen molar-refractivity contribution in [3.8, 4) is 0 Å². The predicted molar refractivity (Wildman–Crippen MR) is 111 cm³/mol. The molecule has 1 aliphatic heterocycles. The zero-order valence-electron chi connectivity index (χ0n) is 16.9. The van der Waals surface area contributed by atoms with E-state index in [4.69, 9.17) is 10.1 Å². The number of rotatable bonds is 3. The summed E-state index contributed by atoms with van der Waals surface area (Å²) in [4.78, 5) is 25.2. The normalized spacial score (nSPS) is 19.8. The number of anilines is 1. The number of hydrogen-bond donors (Lipinski definition) is 1. The van der Waals surface area contributed by atoms with Gasteiger partial charge in [0.2, 0.25) is 0 Å². The van der Waals surface area contributed by atoms with E-state index >= 15 is 0 Å². The van der Waals surface area contributed by atoms with E-state index in [1.807, 2.05) is 0 Å². The minimum Gasteiger partial charge on any atom is -0.465 e. The molecule has 0 radical (unpaired) electrons. The monoisotopic (exact) mass is 388 g/mol. The van der Waals surface area contributed by atoms with Crippen molar-refractivity contribution in [1.82, 2.24) is 9.88 Å². The number of carbonyl (C=O) groups is 1. The van der Waals surface area contributed by atoms with E-state index in [0.29, 0.717) is 5.92 Å². The Morgan fingerprint density at radius 3 is 2.48 bits per heavy atom. The van der Waals surface area contributed by atoms with E-state index in [2.05, 4.69) is 63.6 Å². The fraction of sp³-hybridized carbons (Fsp3) is 0.550. The summed E-state index contributed by atoms with van der Waals surface area (Å²) in [5.41, 5.74) is 0.971. The standard InChI is InChI=1S/C20H28N4O2S/c1-13(2)11-24(14-7-10-23(12-21-14)18(25)26)17-22-15-16(27-17)20(5,6)9-8-19(15,3)4/h7-10,13H,11-12H2,1-6H3,(H,25,26). The minimum absolute atomic E-state index is 0.0470. The summed E-state index contributed by atoms with van der Waals surface area (Å²) < 4.78 is 0. The van der Waals surface area contributed by atoms with Crippen molar-refractivity contribution >= 4 is 28.4 Å². The van der Waals surface area contributed by atoms with E-state index in [1.165, 1.54) is 9.78 Å². The summed E-state index contributed by atoms with van der Waals surface area (Å²) in [5.74, 6) is 1.18. The lowest BCUT2D eigenvalue weighted by Gasteiger charge is -2.32. The van der Waals surface area contributed by atoms with Gasteiger partial charge in [0.05, 0.1) is 5.69 Å². The van der Waals surface area contributed by atoms with E-state index < -0.39 is 6.09 Å². The van der Waals surface area contributed by atoms with Gasteiger partial charge in [-0.1, -0.05) is 53.7 Å². The maximum Gasteiger partial charge on any atom is 0.412 e. The lowest BCUT2D eigenvalue weighted by molar-refractivity contribution is 0.163. The van der Waals surface area contributed by atoms with Gasteiger partial charge in [0.25, 0.3) is 0 Å². The molecule has 27 heavy (non-hydrogen) atoms. The highest BCUT2D eigenvalue weighted by Crippen LogP contribution is 2.46. The van der Waals surface area contributed by atoms with Crippen LogP contribution < -0.4 is 4.90 Å². The van der Waals surface area contributed by atoms with Crippen LogP contribution in [0.2, 0.25) is 0 Å². The Morgan fingerprint density at radius 1 is 1.30 bits per heavy atom. The van der Waals surface area contributed by atoms with Crippen LogP contribution in [0.5, 0.6) is 0 Å². The van der Waals surface area contributed by atoms with Gasteiger partial charge in [-0.15, -0.1) is 11.3 Å². The molecule has 0 saturated carbocycles. The highest BCUT2D eigenvalue weighted by Gasteiger charge is 2.37. The van der Waals surface area contributed by atoms with Gasteiger partial charge in [-0.3, -0.25) is 4.90 Å². The van der Waals surface area contributed by atoms with Crippen molar-refractivity contribution in [1.29, 1.82) is 0 Å². The second-order valence-corrected chi connectivity index (χ2v) is 9.66. The molecule has 0 saturated heterocycles. The van der Waals surface area contributed by atoms with E-state index in [1.54, 1.807) is 23.6 Å². The lowest BCUT2D eigenvalue weighted by atomic mass is 9.75. The fourth-order valence-corrected chi connectivity index (χ4v) is 4.54. The quantitative estimate of drug-likeness (QED) is 0.769. The van der Waals surface area contributed by atoms with Crippen LogP contribution in [-0.2, 0) is 10.8 Å². The molecular weight excluding hydrogens is 360 g/mol. The molecule has 1 aromatic rings. The maximum absolute atomic E-state index is 11.1. The van der Waals surface area contributed by atoms with Crippen LogP contribution in [0.15, 0.2) is 29.4 Å². The zero-order chi connectivity index (χ0) is 20.0. The largest absolute Gasteiger partial charge is 0.465 e. The van der Waals surface area contributed by atoms with Gasteiger partial charge in [0, 0.05) is 28.5 Å². The average Bonchev–Trinajstić information content (AvgIpc) is 3.05. The zero-order valence-corrected chi connectivity index (χ0v) is 17.7. The molecule has 0 bridgehead atoms. The molecule has 6 nitrogen and oxygen atoms in total. The fourth-order valence-electron chi connectivity index (χ4n) is 3.21. The minimum atomic E-state index is -0.997. The van der Waals surface area contributed by atoms with Crippen molar-refractivity contribution in [2.75, 3.05) is 18.1 Å². The van der Waals surface area contributed by atoms with Crippen LogP contribution in [0.1, 0.15) is 52.1 Å². The van der Waals surface area contributed by atoms with Gasteiger partial charge in [-0.2, -0.15) is 0 Å². The number of thiazole rings is 1. The Hall–Kier alpha value is -2.15. The van der Waals surface area contributed by atoms with Gasteiger partial charge in [0.15, 0.2) is 5.13 Å². The molecule has 1 N–H and O–H groups in total. The Morgan fingerprint density at radius 2 is 1.96 bits per heavy atom. The van der Waals surface area contributed by atoms with Crippen molar-refractivity contribution in [2.45, 2.75) is 52.4 Å². The van der Waals surface area contributed by atoms with Crippen LogP contribution in [0, 0.1) is 5.92 Å². The second kappa shape index (κ2) is 6.78. The van der Waals surface area contributed by atoms with Crippen molar-refractivity contribution in [2.24, 2.45) is 10.9 Å². The van der Waals surface area contributed by atoms with Gasteiger partial charge in [-0.05, 0) is 12.0 Å². The van der Waals surface area contributed by atoms with Gasteiger partial charge in [0.1, 0.15) is 12.5 Å². The molecule has 0 atom stereocenters. The first-order valence-electron chi connectivity index (χ1n) is 9.23. The van der Waals surface area contributed by atoms with Crippen LogP contribution in [0.4, 0.5) is 9.93 Å². The molecule has 0 spiro atoms. The third-order valence-corrected chi connectivity index (χ3v) is 6.24. The lowest BCUT2D eigenvalue weighted by Crippen LogP contribution is -2.37. The molecule has 3 rings (SSSR count). The molecule has 146 valence electrons. The van der Waals surface area contributed by atoms with Crippen molar-refractivity contribution < 1.29 is 9.90 Å². The highest BCUT2D eigenvalue weighted by atomic mass is 32.1. The molecule has 0 fully saturated rings. The topological polar surface area (TPSA) is 69.0 Å². The Balaban J connectivity index is 2.00. The second-order valence-electron chi connectivity index (χ2n) is 8.68. The number of nitrogens with zero attached hydrogens (tertiary/aromatic N) is 4. The molecule has 0 aromatic carbocycles. The Kier molecular flexibility index (Phi) is 4.93. The number of amides is 1. The molecule has 1 aliphatic carbocycles. The van der Waals surface area contributed by atoms with E-state index in [9.17, 15) is 4.79 Å². The van der Waals surface area contributed by atoms with Crippen LogP contribution in [0.3, 0.4) is 0 Å². The average molecular weight is 389 g/mol. The van der Waals surface area contributed by atoms with Crippen LogP contribution in [0.25, 0.3) is 0 Å². The molecule has 2 aliphatic rings. The molecular formula is C20H28N4O2S. The molecule has 0 unspecified atom stereocenters. The molecule has 7 heteroatoms. The summed E-state index contributed by atoms with van der Waals surface area (Å²) in [5, 5.41) is 10.0.